The molecule has 4 aromatic rings. The van der Waals surface area contributed by atoms with Crippen LogP contribution in [0.15, 0.2) is 65.6 Å². The molecule has 2 aromatic heterocycles. The number of nitrogens with zero attached hydrogens (tertiary/aromatic N) is 2. The van der Waals surface area contributed by atoms with Gasteiger partial charge in [0.15, 0.2) is 0 Å². The first-order valence-electron chi connectivity index (χ1n) is 9.76. The summed E-state index contributed by atoms with van der Waals surface area (Å²) in [5.74, 6) is -0.266. The van der Waals surface area contributed by atoms with Crippen LogP contribution in [0.5, 0.6) is 0 Å². The van der Waals surface area contributed by atoms with Crippen molar-refractivity contribution in [3.8, 4) is 0 Å². The van der Waals surface area contributed by atoms with E-state index in [0.717, 1.165) is 34.2 Å². The van der Waals surface area contributed by atoms with Crippen molar-refractivity contribution >= 4 is 39.0 Å². The molecule has 7 heteroatoms. The molecule has 30 heavy (non-hydrogen) atoms. The molecule has 6 nitrogen and oxygen atoms in total. The Hall–Kier alpha value is -3.45. The summed E-state index contributed by atoms with van der Waals surface area (Å²) in [6, 6.07) is 17.2. The summed E-state index contributed by atoms with van der Waals surface area (Å²) >= 11 is 1.18. The van der Waals surface area contributed by atoms with Gasteiger partial charge in [0, 0.05) is 11.9 Å². The van der Waals surface area contributed by atoms with Gasteiger partial charge < -0.3 is 10.4 Å². The lowest BCUT2D eigenvalue weighted by atomic mass is 10.1. The third-order valence-corrected chi connectivity index (χ3v) is 6.24. The molecule has 5 rings (SSSR count). The van der Waals surface area contributed by atoms with Gasteiger partial charge in [0.05, 0.1) is 16.8 Å². The highest BCUT2D eigenvalue weighted by molar-refractivity contribution is 7.16. The summed E-state index contributed by atoms with van der Waals surface area (Å²) in [5, 5.41) is 12.7. The molecular weight excluding hydrogens is 398 g/mol. The molecular formula is C23H19N3O3S. The number of carbonyl (C=O) groups is 1. The smallest absolute Gasteiger partial charge is 0.339 e. The molecule has 0 radical (unpaired) electrons. The highest BCUT2D eigenvalue weighted by Gasteiger charge is 2.26. The Morgan fingerprint density at radius 3 is 2.70 bits per heavy atom. The minimum Gasteiger partial charge on any atom is -0.478 e. The number of carboxylic acid groups (broad SMARTS) is 1. The Labute approximate surface area is 176 Å². The number of carboxylic acids is 1. The van der Waals surface area contributed by atoms with Crippen molar-refractivity contribution in [1.82, 2.24) is 9.55 Å². The fraction of sp³-hybridized carbons (Fsp3) is 0.174. The minimum atomic E-state index is -1.01. The van der Waals surface area contributed by atoms with Gasteiger partial charge in [0.1, 0.15) is 11.4 Å². The number of thiazole rings is 1. The zero-order valence-corrected chi connectivity index (χ0v) is 16.9. The molecule has 1 aliphatic carbocycles. The van der Waals surface area contributed by atoms with E-state index in [-0.39, 0.29) is 10.4 Å². The summed E-state index contributed by atoms with van der Waals surface area (Å²) in [6.07, 6.45) is 3.92. The van der Waals surface area contributed by atoms with E-state index in [1.807, 2.05) is 48.5 Å². The van der Waals surface area contributed by atoms with Crippen LogP contribution >= 0.6 is 11.3 Å². The van der Waals surface area contributed by atoms with Crippen LogP contribution in [0, 0.1) is 0 Å². The van der Waals surface area contributed by atoms with Gasteiger partial charge in [-0.25, -0.2) is 9.78 Å². The van der Waals surface area contributed by atoms with Crippen LogP contribution in [0.3, 0.4) is 0 Å². The van der Waals surface area contributed by atoms with E-state index in [1.54, 1.807) is 16.8 Å². The van der Waals surface area contributed by atoms with Gasteiger partial charge in [-0.15, -0.1) is 0 Å². The molecule has 0 spiro atoms. The first kappa shape index (κ1) is 18.6. The maximum atomic E-state index is 12.5. The van der Waals surface area contributed by atoms with Gasteiger partial charge in [0.25, 0.3) is 0 Å². The molecule has 0 aliphatic heterocycles. The van der Waals surface area contributed by atoms with Crippen LogP contribution in [-0.4, -0.2) is 20.6 Å². The monoisotopic (exact) mass is 417 g/mol. The van der Waals surface area contributed by atoms with E-state index in [4.69, 9.17) is 0 Å². The summed E-state index contributed by atoms with van der Waals surface area (Å²) in [7, 11) is 0. The van der Waals surface area contributed by atoms with Crippen molar-refractivity contribution < 1.29 is 9.90 Å². The number of benzene rings is 2. The fourth-order valence-corrected chi connectivity index (χ4v) is 4.51. The predicted molar refractivity (Wildman–Crippen MR) is 118 cm³/mol. The number of nitrogens with one attached hydrogen (secondary N) is 1. The molecule has 150 valence electrons. The van der Waals surface area contributed by atoms with Crippen molar-refractivity contribution in [2.75, 3.05) is 5.32 Å². The van der Waals surface area contributed by atoms with Crippen molar-refractivity contribution in [3.63, 3.8) is 0 Å². The summed E-state index contributed by atoms with van der Waals surface area (Å²) in [4.78, 5) is 28.6. The van der Waals surface area contributed by atoms with Crippen molar-refractivity contribution in [2.45, 2.75) is 25.3 Å². The minimum absolute atomic E-state index is 0.0239. The molecule has 0 bridgehead atoms. The second-order valence-corrected chi connectivity index (χ2v) is 8.48. The first-order valence-corrected chi connectivity index (χ1v) is 10.6. The zero-order chi connectivity index (χ0) is 20.7. The fourth-order valence-electron chi connectivity index (χ4n) is 3.58. The van der Waals surface area contributed by atoms with E-state index in [9.17, 15) is 14.7 Å². The van der Waals surface area contributed by atoms with Crippen LogP contribution in [0.2, 0.25) is 0 Å². The number of aromatic nitrogens is 2. The van der Waals surface area contributed by atoms with Crippen molar-refractivity contribution in [2.24, 2.45) is 0 Å². The average Bonchev–Trinajstić information content (AvgIpc) is 3.54. The Balaban J connectivity index is 1.46. The van der Waals surface area contributed by atoms with Gasteiger partial charge in [0.2, 0.25) is 0 Å². The van der Waals surface area contributed by atoms with E-state index < -0.39 is 5.97 Å². The Morgan fingerprint density at radius 1 is 1.17 bits per heavy atom. The Bertz CT molecular complexity index is 1310. The number of fused-ring (bicyclic) bond motifs is 1. The topological polar surface area (TPSA) is 84.2 Å². The van der Waals surface area contributed by atoms with Crippen LogP contribution < -0.4 is 10.2 Å². The molecule has 0 atom stereocenters. The van der Waals surface area contributed by atoms with E-state index in [1.165, 1.54) is 11.3 Å². The number of hydrogen-bond donors (Lipinski definition) is 2. The summed E-state index contributed by atoms with van der Waals surface area (Å²) < 4.78 is 2.59. The van der Waals surface area contributed by atoms with Gasteiger partial charge in [-0.05, 0) is 54.2 Å². The highest BCUT2D eigenvalue weighted by Crippen LogP contribution is 2.40. The van der Waals surface area contributed by atoms with Crippen LogP contribution in [0.1, 0.15) is 40.2 Å². The highest BCUT2D eigenvalue weighted by atomic mass is 32.1. The number of pyridine rings is 1. The van der Waals surface area contributed by atoms with Gasteiger partial charge in [-0.1, -0.05) is 41.7 Å². The lowest BCUT2D eigenvalue weighted by Gasteiger charge is -2.11. The Kier molecular flexibility index (Phi) is 4.59. The van der Waals surface area contributed by atoms with Gasteiger partial charge in [-0.3, -0.25) is 9.36 Å². The predicted octanol–water partition coefficient (Wildman–Crippen LogP) is 4.83. The largest absolute Gasteiger partial charge is 0.478 e. The molecule has 2 N–H and O–H groups in total. The average molecular weight is 417 g/mol. The molecule has 0 amide bonds. The molecule has 1 aliphatic rings. The van der Waals surface area contributed by atoms with Crippen molar-refractivity contribution in [3.05, 3.63) is 87.2 Å². The maximum absolute atomic E-state index is 12.5. The lowest BCUT2D eigenvalue weighted by molar-refractivity contribution is 0.0697. The van der Waals surface area contributed by atoms with E-state index >= 15 is 0 Å². The molecule has 1 fully saturated rings. The number of aromatic carboxylic acids is 1. The maximum Gasteiger partial charge on any atom is 0.339 e. The second kappa shape index (κ2) is 7.42. The van der Waals surface area contributed by atoms with Crippen molar-refractivity contribution in [1.29, 1.82) is 0 Å². The third-order valence-electron chi connectivity index (χ3n) is 5.30. The molecule has 2 aromatic carbocycles. The Morgan fingerprint density at radius 2 is 1.97 bits per heavy atom. The lowest BCUT2D eigenvalue weighted by Crippen LogP contribution is -2.13. The first-order chi connectivity index (χ1) is 14.6. The summed E-state index contributed by atoms with van der Waals surface area (Å²) in [5.41, 5.74) is 3.76. The van der Waals surface area contributed by atoms with E-state index in [2.05, 4.69) is 10.3 Å². The number of anilines is 2. The number of hydrogen-bond acceptors (Lipinski definition) is 5. The molecule has 0 saturated heterocycles. The quantitative estimate of drug-likeness (QED) is 0.470. The van der Waals surface area contributed by atoms with E-state index in [0.29, 0.717) is 24.0 Å². The SMILES string of the molecule is O=C(O)c1cc(C2CC2)cnc1Nc1ccc2c(c1)sc(=O)n2Cc1ccccc1. The normalized spacial score (nSPS) is 13.5. The van der Waals surface area contributed by atoms with Crippen LogP contribution in [-0.2, 0) is 6.54 Å². The summed E-state index contributed by atoms with van der Waals surface area (Å²) in [6.45, 7) is 0.514. The molecule has 1 saturated carbocycles. The number of rotatable bonds is 6. The standard InChI is InChI=1S/C23H19N3O3S/c27-22(28)18-10-16(15-6-7-15)12-24-21(18)25-17-8-9-19-20(11-17)30-23(29)26(19)13-14-4-2-1-3-5-14/h1-5,8-12,15H,6-7,13H2,(H,24,25)(H,27,28). The molecule has 2 heterocycles. The van der Waals surface area contributed by atoms with Crippen LogP contribution in [0.4, 0.5) is 11.5 Å². The second-order valence-electron chi connectivity index (χ2n) is 7.49. The molecule has 0 unspecified atom stereocenters. The van der Waals surface area contributed by atoms with Crippen LogP contribution in [0.25, 0.3) is 10.2 Å². The third kappa shape index (κ3) is 3.59. The van der Waals surface area contributed by atoms with Gasteiger partial charge in [-0.2, -0.15) is 0 Å². The van der Waals surface area contributed by atoms with Gasteiger partial charge >= 0.3 is 10.8 Å². The zero-order valence-electron chi connectivity index (χ0n) is 16.0.